The third-order valence-electron chi connectivity index (χ3n) is 2.65. The molecule has 15 heavy (non-hydrogen) atoms. The van der Waals surface area contributed by atoms with Crippen molar-refractivity contribution in [1.29, 1.82) is 0 Å². The Labute approximate surface area is 89.6 Å². The van der Waals surface area contributed by atoms with E-state index in [9.17, 15) is 9.59 Å². The molecule has 1 saturated heterocycles. The minimum atomic E-state index is -0.714. The monoisotopic (exact) mass is 208 g/mol. The van der Waals surface area contributed by atoms with E-state index in [0.717, 1.165) is 0 Å². The molecule has 0 amide bonds. The number of allylic oxidation sites excluding steroid dienone is 2. The summed E-state index contributed by atoms with van der Waals surface area (Å²) in [5, 5.41) is 2.89. The molecule has 1 atom stereocenters. The zero-order valence-electron chi connectivity index (χ0n) is 9.33. The summed E-state index contributed by atoms with van der Waals surface area (Å²) < 4.78 is 0. The highest BCUT2D eigenvalue weighted by Crippen LogP contribution is 2.33. The summed E-state index contributed by atoms with van der Waals surface area (Å²) in [4.78, 5) is 24.3. The van der Waals surface area contributed by atoms with Crippen LogP contribution in [0.3, 0.4) is 0 Å². The number of ketones is 1. The number of hydrogen-bond donors (Lipinski definition) is 1. The molecular formula is C11H16N2O2. The van der Waals surface area contributed by atoms with Gasteiger partial charge in [0.1, 0.15) is 11.6 Å². The van der Waals surface area contributed by atoms with E-state index in [1.54, 1.807) is 18.0 Å². The standard InChI is InChI=1S/C11H16N2O2/c1-11(5-6-12-9(11)8-14)10(15)4-7-13(2)3/h4,7,12H,5-6H2,1-3H3. The molecule has 1 aliphatic rings. The molecule has 0 aromatic rings. The van der Waals surface area contributed by atoms with Gasteiger partial charge in [-0.05, 0) is 19.4 Å². The number of nitrogens with zero attached hydrogens (tertiary/aromatic N) is 1. The lowest BCUT2D eigenvalue weighted by Gasteiger charge is -2.18. The maximum absolute atomic E-state index is 11.9. The summed E-state index contributed by atoms with van der Waals surface area (Å²) in [5.74, 6) is 1.75. The molecule has 82 valence electrons. The van der Waals surface area contributed by atoms with Crippen LogP contribution in [0.5, 0.6) is 0 Å². The van der Waals surface area contributed by atoms with Crippen LogP contribution in [0.15, 0.2) is 18.0 Å². The highest BCUT2D eigenvalue weighted by Gasteiger charge is 2.40. The predicted octanol–water partition coefficient (Wildman–Crippen LogP) is 0.346. The first-order chi connectivity index (χ1) is 7.00. The smallest absolute Gasteiger partial charge is 0.169 e. The zero-order valence-corrected chi connectivity index (χ0v) is 9.33. The summed E-state index contributed by atoms with van der Waals surface area (Å²) in [6.07, 6.45) is 3.84. The van der Waals surface area contributed by atoms with Gasteiger partial charge in [0.2, 0.25) is 0 Å². The van der Waals surface area contributed by atoms with Crippen molar-refractivity contribution in [3.63, 3.8) is 0 Å². The Morgan fingerprint density at radius 3 is 2.80 bits per heavy atom. The molecule has 0 aromatic heterocycles. The molecule has 0 aliphatic carbocycles. The third-order valence-corrected chi connectivity index (χ3v) is 2.65. The largest absolute Gasteiger partial charge is 0.383 e. The minimum absolute atomic E-state index is 0.0560. The average molecular weight is 208 g/mol. The Hall–Kier alpha value is -1.54. The van der Waals surface area contributed by atoms with Crippen LogP contribution in [-0.2, 0) is 9.59 Å². The fourth-order valence-electron chi connectivity index (χ4n) is 1.55. The van der Waals surface area contributed by atoms with Crippen LogP contribution >= 0.6 is 0 Å². The molecule has 0 radical (unpaired) electrons. The summed E-state index contributed by atoms with van der Waals surface area (Å²) in [7, 11) is 3.69. The van der Waals surface area contributed by atoms with Crippen molar-refractivity contribution in [3.05, 3.63) is 18.0 Å². The summed E-state index contributed by atoms with van der Waals surface area (Å²) in [5.41, 5.74) is -0.343. The van der Waals surface area contributed by atoms with Crippen LogP contribution in [0.2, 0.25) is 0 Å². The molecule has 0 aromatic carbocycles. The molecule has 1 unspecified atom stereocenters. The van der Waals surface area contributed by atoms with Crippen LogP contribution in [0.4, 0.5) is 0 Å². The van der Waals surface area contributed by atoms with Gasteiger partial charge < -0.3 is 10.2 Å². The molecule has 1 heterocycles. The number of hydrogen-bond acceptors (Lipinski definition) is 4. The molecule has 1 N–H and O–H groups in total. The highest BCUT2D eigenvalue weighted by molar-refractivity contribution is 5.98. The quantitative estimate of drug-likeness (QED) is 0.537. The van der Waals surface area contributed by atoms with Crippen LogP contribution in [0, 0.1) is 5.41 Å². The Morgan fingerprint density at radius 1 is 1.60 bits per heavy atom. The van der Waals surface area contributed by atoms with Gasteiger partial charge in [-0.1, -0.05) is 0 Å². The van der Waals surface area contributed by atoms with E-state index in [1.165, 1.54) is 6.08 Å². The normalized spacial score (nSPS) is 25.1. The van der Waals surface area contributed by atoms with Gasteiger partial charge in [0, 0.05) is 26.8 Å². The van der Waals surface area contributed by atoms with Crippen LogP contribution < -0.4 is 5.32 Å². The molecule has 1 rings (SSSR count). The second-order valence-corrected chi connectivity index (χ2v) is 4.13. The molecule has 4 nitrogen and oxygen atoms in total. The van der Waals surface area contributed by atoms with E-state index < -0.39 is 5.41 Å². The maximum atomic E-state index is 11.9. The van der Waals surface area contributed by atoms with Gasteiger partial charge in [0.15, 0.2) is 5.78 Å². The fourth-order valence-corrected chi connectivity index (χ4v) is 1.55. The summed E-state index contributed by atoms with van der Waals surface area (Å²) in [6, 6.07) is 0. The van der Waals surface area contributed by atoms with Crippen molar-refractivity contribution >= 4 is 11.7 Å². The first kappa shape index (κ1) is 11.5. The van der Waals surface area contributed by atoms with Crippen LogP contribution in [0.1, 0.15) is 13.3 Å². The zero-order chi connectivity index (χ0) is 11.5. The van der Waals surface area contributed by atoms with Crippen molar-refractivity contribution in [1.82, 2.24) is 10.2 Å². The van der Waals surface area contributed by atoms with Gasteiger partial charge >= 0.3 is 0 Å². The lowest BCUT2D eigenvalue weighted by molar-refractivity contribution is -0.121. The minimum Gasteiger partial charge on any atom is -0.383 e. The molecule has 0 saturated carbocycles. The van der Waals surface area contributed by atoms with Gasteiger partial charge in [-0.15, -0.1) is 0 Å². The first-order valence-electron chi connectivity index (χ1n) is 4.89. The van der Waals surface area contributed by atoms with Gasteiger partial charge in [0.25, 0.3) is 0 Å². The number of rotatable bonds is 3. The Bertz CT molecular complexity index is 340. The molecule has 0 spiro atoms. The lowest BCUT2D eigenvalue weighted by atomic mass is 9.82. The van der Waals surface area contributed by atoms with Crippen molar-refractivity contribution < 1.29 is 9.59 Å². The van der Waals surface area contributed by atoms with E-state index in [4.69, 9.17) is 0 Å². The maximum Gasteiger partial charge on any atom is 0.169 e. The number of carbonyl (C=O) groups is 1. The first-order valence-corrected chi connectivity index (χ1v) is 4.89. The molecule has 0 bridgehead atoms. The second kappa shape index (κ2) is 4.32. The van der Waals surface area contributed by atoms with E-state index in [0.29, 0.717) is 18.7 Å². The van der Waals surface area contributed by atoms with Gasteiger partial charge in [-0.3, -0.25) is 4.79 Å². The molecule has 1 fully saturated rings. The lowest BCUT2D eigenvalue weighted by Crippen LogP contribution is -2.27. The van der Waals surface area contributed by atoms with Gasteiger partial charge in [-0.2, -0.15) is 0 Å². The molecule has 1 aliphatic heterocycles. The topological polar surface area (TPSA) is 49.4 Å². The predicted molar refractivity (Wildman–Crippen MR) is 57.8 cm³/mol. The Morgan fingerprint density at radius 2 is 2.27 bits per heavy atom. The second-order valence-electron chi connectivity index (χ2n) is 4.13. The van der Waals surface area contributed by atoms with Crippen molar-refractivity contribution in [3.8, 4) is 0 Å². The third kappa shape index (κ3) is 2.28. The summed E-state index contributed by atoms with van der Waals surface area (Å²) in [6.45, 7) is 2.43. The average Bonchev–Trinajstić information content (AvgIpc) is 2.57. The number of nitrogens with one attached hydrogen (secondary N) is 1. The molecule has 4 heteroatoms. The van der Waals surface area contributed by atoms with E-state index >= 15 is 0 Å². The number of carbonyl (C=O) groups excluding carboxylic acids is 2. The fraction of sp³-hybridized carbons (Fsp3) is 0.545. The Balaban J connectivity index is 2.87. The van der Waals surface area contributed by atoms with Gasteiger partial charge in [-0.25, -0.2) is 4.79 Å². The Kier molecular flexibility index (Phi) is 3.32. The van der Waals surface area contributed by atoms with E-state index in [2.05, 4.69) is 5.32 Å². The van der Waals surface area contributed by atoms with Crippen molar-refractivity contribution in [2.75, 3.05) is 20.6 Å². The highest BCUT2D eigenvalue weighted by atomic mass is 16.1. The molecular weight excluding hydrogens is 192 g/mol. The SMILES string of the molecule is CN(C)C=CC(=O)C1(C)CCNC1=C=O. The van der Waals surface area contributed by atoms with E-state index in [1.807, 2.05) is 20.0 Å². The van der Waals surface area contributed by atoms with Crippen molar-refractivity contribution in [2.45, 2.75) is 13.3 Å². The van der Waals surface area contributed by atoms with Crippen molar-refractivity contribution in [2.24, 2.45) is 5.41 Å². The van der Waals surface area contributed by atoms with Gasteiger partial charge in [0.05, 0.1) is 5.41 Å². The summed E-state index contributed by atoms with van der Waals surface area (Å²) >= 11 is 0. The van der Waals surface area contributed by atoms with Crippen LogP contribution in [0.25, 0.3) is 0 Å². The van der Waals surface area contributed by atoms with Crippen LogP contribution in [-0.4, -0.2) is 37.3 Å². The van der Waals surface area contributed by atoms with E-state index in [-0.39, 0.29) is 5.78 Å².